The van der Waals surface area contributed by atoms with Crippen molar-refractivity contribution < 1.29 is 4.79 Å². The second kappa shape index (κ2) is 9.58. The Balaban J connectivity index is 1.17. The minimum Gasteiger partial charge on any atom is -0.302 e. The summed E-state index contributed by atoms with van der Waals surface area (Å²) in [6.45, 7) is 3.22. The third-order valence-corrected chi connectivity index (χ3v) is 6.92. The third-order valence-electron chi connectivity index (χ3n) is 5.02. The molecule has 1 aliphatic heterocycles. The summed E-state index contributed by atoms with van der Waals surface area (Å²) in [6.07, 6.45) is 7.22. The lowest BCUT2D eigenvalue weighted by molar-refractivity contribution is -0.116. The fourth-order valence-corrected chi connectivity index (χ4v) is 5.28. The standard InChI is InChI=1S/C21H26N4OS2/c26-19(10-4-5-11-20-23-17-8-2-3-9-18(17)28-20)24-21-22-16(15-27-21)14-25-12-6-1-7-13-25/h2-3,8-9,15H,1,4-7,10-14H2,(H,22,24,26). The Morgan fingerprint density at radius 2 is 1.96 bits per heavy atom. The fraction of sp³-hybridized carbons (Fsp3) is 0.476. The average Bonchev–Trinajstić information content (AvgIpc) is 3.32. The molecule has 28 heavy (non-hydrogen) atoms. The van der Waals surface area contributed by atoms with Crippen LogP contribution in [0.4, 0.5) is 5.13 Å². The highest BCUT2D eigenvalue weighted by molar-refractivity contribution is 7.18. The van der Waals surface area contributed by atoms with Crippen molar-refractivity contribution in [3.8, 4) is 0 Å². The molecule has 3 heterocycles. The molecule has 4 rings (SSSR count). The number of aromatic nitrogens is 2. The van der Waals surface area contributed by atoms with Crippen LogP contribution in [-0.4, -0.2) is 33.9 Å². The molecule has 0 spiro atoms. The molecule has 1 fully saturated rings. The maximum absolute atomic E-state index is 12.2. The van der Waals surface area contributed by atoms with Gasteiger partial charge in [0.2, 0.25) is 5.91 Å². The second-order valence-corrected chi connectivity index (χ2v) is 9.28. The van der Waals surface area contributed by atoms with Crippen LogP contribution in [0.5, 0.6) is 0 Å². The maximum atomic E-state index is 12.2. The largest absolute Gasteiger partial charge is 0.302 e. The number of likely N-dealkylation sites (tertiary alicyclic amines) is 1. The van der Waals surface area contributed by atoms with Crippen molar-refractivity contribution in [1.29, 1.82) is 0 Å². The quantitative estimate of drug-likeness (QED) is 0.522. The molecule has 1 aromatic carbocycles. The molecule has 0 aliphatic carbocycles. The van der Waals surface area contributed by atoms with Crippen molar-refractivity contribution in [3.05, 3.63) is 40.3 Å². The summed E-state index contributed by atoms with van der Waals surface area (Å²) in [5, 5.41) is 6.91. The zero-order valence-corrected chi connectivity index (χ0v) is 17.7. The summed E-state index contributed by atoms with van der Waals surface area (Å²) < 4.78 is 1.24. The smallest absolute Gasteiger partial charge is 0.226 e. The molecule has 1 amide bonds. The van der Waals surface area contributed by atoms with Gasteiger partial charge in [0.05, 0.1) is 20.9 Å². The van der Waals surface area contributed by atoms with Gasteiger partial charge in [-0.2, -0.15) is 0 Å². The minimum atomic E-state index is 0.0585. The van der Waals surface area contributed by atoms with Gasteiger partial charge in [-0.15, -0.1) is 22.7 Å². The number of carbonyl (C=O) groups excluding carboxylic acids is 1. The number of unbranched alkanes of at least 4 members (excludes halogenated alkanes) is 1. The summed E-state index contributed by atoms with van der Waals surface area (Å²) in [7, 11) is 0. The molecule has 0 unspecified atom stereocenters. The van der Waals surface area contributed by atoms with Crippen LogP contribution >= 0.6 is 22.7 Å². The number of anilines is 1. The number of carbonyl (C=O) groups is 1. The van der Waals surface area contributed by atoms with Crippen LogP contribution in [0.1, 0.15) is 49.2 Å². The number of nitrogens with one attached hydrogen (secondary N) is 1. The van der Waals surface area contributed by atoms with Crippen LogP contribution < -0.4 is 5.32 Å². The molecule has 7 heteroatoms. The van der Waals surface area contributed by atoms with Crippen LogP contribution in [-0.2, 0) is 17.8 Å². The summed E-state index contributed by atoms with van der Waals surface area (Å²) in [6, 6.07) is 8.23. The maximum Gasteiger partial charge on any atom is 0.226 e. The molecule has 1 N–H and O–H groups in total. The van der Waals surface area contributed by atoms with Gasteiger partial charge in [-0.3, -0.25) is 9.69 Å². The zero-order valence-electron chi connectivity index (χ0n) is 16.0. The normalized spacial score (nSPS) is 15.1. The van der Waals surface area contributed by atoms with Crippen LogP contribution in [0.15, 0.2) is 29.6 Å². The molecule has 2 aromatic heterocycles. The first-order valence-corrected chi connectivity index (χ1v) is 11.8. The highest BCUT2D eigenvalue weighted by atomic mass is 32.1. The number of hydrogen-bond donors (Lipinski definition) is 1. The Morgan fingerprint density at radius 1 is 1.11 bits per heavy atom. The lowest BCUT2D eigenvalue weighted by atomic mass is 10.1. The number of amides is 1. The Labute approximate surface area is 173 Å². The predicted octanol–water partition coefficient (Wildman–Crippen LogP) is 5.09. The highest BCUT2D eigenvalue weighted by Gasteiger charge is 2.13. The monoisotopic (exact) mass is 414 g/mol. The van der Waals surface area contributed by atoms with Gasteiger partial charge in [0, 0.05) is 18.3 Å². The first kappa shape index (κ1) is 19.5. The molecule has 1 saturated heterocycles. The predicted molar refractivity (Wildman–Crippen MR) is 117 cm³/mol. The summed E-state index contributed by atoms with van der Waals surface area (Å²) >= 11 is 3.28. The third kappa shape index (κ3) is 5.37. The van der Waals surface area contributed by atoms with Crippen LogP contribution in [0.3, 0.4) is 0 Å². The van der Waals surface area contributed by atoms with Crippen molar-refractivity contribution in [1.82, 2.24) is 14.9 Å². The minimum absolute atomic E-state index is 0.0585. The summed E-state index contributed by atoms with van der Waals surface area (Å²) in [5.41, 5.74) is 2.14. The molecular weight excluding hydrogens is 388 g/mol. The number of nitrogens with zero attached hydrogens (tertiary/aromatic N) is 3. The zero-order chi connectivity index (χ0) is 19.2. The molecule has 0 atom stereocenters. The van der Waals surface area contributed by atoms with Crippen LogP contribution in [0, 0.1) is 0 Å². The number of rotatable bonds is 8. The van der Waals surface area contributed by atoms with Gasteiger partial charge in [-0.25, -0.2) is 9.97 Å². The van der Waals surface area contributed by atoms with E-state index in [1.165, 1.54) is 35.3 Å². The van der Waals surface area contributed by atoms with Gasteiger partial charge in [-0.05, 0) is 57.3 Å². The molecule has 1 aliphatic rings. The fourth-order valence-electron chi connectivity index (χ4n) is 3.55. The van der Waals surface area contributed by atoms with Crippen molar-refractivity contribution >= 4 is 43.9 Å². The molecular formula is C21H26N4OS2. The number of benzene rings is 1. The molecule has 0 radical (unpaired) electrons. The van der Waals surface area contributed by atoms with Crippen molar-refractivity contribution in [2.75, 3.05) is 18.4 Å². The van der Waals surface area contributed by atoms with Crippen LogP contribution in [0.2, 0.25) is 0 Å². The van der Waals surface area contributed by atoms with Gasteiger partial charge in [0.1, 0.15) is 0 Å². The van der Waals surface area contributed by atoms with E-state index in [1.54, 1.807) is 11.3 Å². The lowest BCUT2D eigenvalue weighted by Crippen LogP contribution is -2.29. The van der Waals surface area contributed by atoms with E-state index < -0.39 is 0 Å². The van der Waals surface area contributed by atoms with E-state index in [2.05, 4.69) is 37.7 Å². The van der Waals surface area contributed by atoms with E-state index in [9.17, 15) is 4.79 Å². The van der Waals surface area contributed by atoms with Gasteiger partial charge in [0.15, 0.2) is 5.13 Å². The topological polar surface area (TPSA) is 58.1 Å². The summed E-state index contributed by atoms with van der Waals surface area (Å²) in [5.74, 6) is 0.0585. The highest BCUT2D eigenvalue weighted by Crippen LogP contribution is 2.23. The number of thiazole rings is 2. The Kier molecular flexibility index (Phi) is 6.67. The van der Waals surface area contributed by atoms with Crippen LogP contribution in [0.25, 0.3) is 10.2 Å². The number of piperidine rings is 1. The Hall–Kier alpha value is -1.83. The van der Waals surface area contributed by atoms with Gasteiger partial charge in [0.25, 0.3) is 0 Å². The van der Waals surface area contributed by atoms with E-state index in [1.807, 2.05) is 12.1 Å². The SMILES string of the molecule is O=C(CCCCc1nc2ccccc2s1)Nc1nc(CN2CCCCC2)cs1. The Bertz CT molecular complexity index is 881. The van der Waals surface area contributed by atoms with Crippen molar-refractivity contribution in [2.45, 2.75) is 51.5 Å². The Morgan fingerprint density at radius 3 is 2.82 bits per heavy atom. The number of aryl methyl sites for hydroxylation is 1. The first-order valence-electron chi connectivity index (χ1n) is 10.1. The molecule has 3 aromatic rings. The number of hydrogen-bond acceptors (Lipinski definition) is 6. The van der Waals surface area contributed by atoms with E-state index >= 15 is 0 Å². The molecule has 0 saturated carbocycles. The van der Waals surface area contributed by atoms with E-state index in [4.69, 9.17) is 0 Å². The molecule has 0 bridgehead atoms. The van der Waals surface area contributed by atoms with E-state index in [0.717, 1.165) is 60.2 Å². The van der Waals surface area contributed by atoms with Gasteiger partial charge in [-0.1, -0.05) is 18.6 Å². The molecule has 148 valence electrons. The first-order chi connectivity index (χ1) is 13.8. The van der Waals surface area contributed by atoms with Gasteiger partial charge < -0.3 is 5.32 Å². The molecule has 5 nitrogen and oxygen atoms in total. The lowest BCUT2D eigenvalue weighted by Gasteiger charge is -2.25. The van der Waals surface area contributed by atoms with E-state index in [0.29, 0.717) is 6.42 Å². The second-order valence-electron chi connectivity index (χ2n) is 7.31. The van der Waals surface area contributed by atoms with E-state index in [-0.39, 0.29) is 5.91 Å². The summed E-state index contributed by atoms with van der Waals surface area (Å²) in [4.78, 5) is 23.9. The van der Waals surface area contributed by atoms with Crippen molar-refractivity contribution in [3.63, 3.8) is 0 Å². The number of fused-ring (bicyclic) bond motifs is 1. The average molecular weight is 415 g/mol. The van der Waals surface area contributed by atoms with Crippen molar-refractivity contribution in [2.24, 2.45) is 0 Å². The number of para-hydroxylation sites is 1. The van der Waals surface area contributed by atoms with Gasteiger partial charge >= 0.3 is 0 Å².